The Bertz CT molecular complexity index is 274. The van der Waals surface area contributed by atoms with Crippen LogP contribution in [0.5, 0.6) is 0 Å². The van der Waals surface area contributed by atoms with Crippen LogP contribution in [0.25, 0.3) is 0 Å². The molecule has 1 aliphatic rings. The van der Waals surface area contributed by atoms with E-state index in [9.17, 15) is 13.5 Å². The molecular formula is C8H18N2O3S. The van der Waals surface area contributed by atoms with E-state index in [1.165, 1.54) is 8.61 Å². The summed E-state index contributed by atoms with van der Waals surface area (Å²) in [6, 6.07) is 0. The average molecular weight is 222 g/mol. The molecule has 1 rings (SSSR count). The second-order valence-electron chi connectivity index (χ2n) is 3.39. The first-order valence-electron chi connectivity index (χ1n) is 4.95. The predicted octanol–water partition coefficient (Wildman–Crippen LogP) is -0.360. The first-order chi connectivity index (χ1) is 6.52. The van der Waals surface area contributed by atoms with Gasteiger partial charge in [0.15, 0.2) is 0 Å². The molecule has 5 nitrogen and oxygen atoms in total. The molecule has 84 valence electrons. The van der Waals surface area contributed by atoms with E-state index >= 15 is 0 Å². The molecule has 0 aromatic carbocycles. The molecule has 0 spiro atoms. The molecule has 0 aliphatic carbocycles. The molecule has 0 bridgehead atoms. The van der Waals surface area contributed by atoms with Crippen molar-refractivity contribution in [3.63, 3.8) is 0 Å². The molecule has 1 saturated heterocycles. The molecule has 1 fully saturated rings. The number of hydrogen-bond acceptors (Lipinski definition) is 3. The van der Waals surface area contributed by atoms with E-state index in [4.69, 9.17) is 0 Å². The number of aliphatic hydroxyl groups excluding tert-OH is 1. The third-order valence-corrected chi connectivity index (χ3v) is 4.64. The third-order valence-electron chi connectivity index (χ3n) is 2.48. The smallest absolute Gasteiger partial charge is 0.282 e. The van der Waals surface area contributed by atoms with Crippen LogP contribution >= 0.6 is 0 Å². The minimum atomic E-state index is -3.33. The highest BCUT2D eigenvalue weighted by molar-refractivity contribution is 7.86. The minimum Gasteiger partial charge on any atom is -0.392 e. The summed E-state index contributed by atoms with van der Waals surface area (Å²) >= 11 is 0. The number of nitrogens with zero attached hydrogens (tertiary/aromatic N) is 2. The standard InChI is InChI=1S/C8H18N2O3S/c1-3-9(4-2)14(12,13)10-6-5-8(11)7-10/h8,11H,3-7H2,1-2H3/t8-/m0/s1. The van der Waals surface area contributed by atoms with Gasteiger partial charge in [-0.25, -0.2) is 0 Å². The summed E-state index contributed by atoms with van der Waals surface area (Å²) in [4.78, 5) is 0. The first-order valence-corrected chi connectivity index (χ1v) is 6.35. The number of hydrogen-bond donors (Lipinski definition) is 1. The van der Waals surface area contributed by atoms with Crippen LogP contribution in [0.3, 0.4) is 0 Å². The maximum atomic E-state index is 11.9. The van der Waals surface area contributed by atoms with Gasteiger partial charge in [0.25, 0.3) is 10.2 Å². The Kier molecular flexibility index (Phi) is 3.88. The second kappa shape index (κ2) is 4.57. The van der Waals surface area contributed by atoms with Gasteiger partial charge in [-0.2, -0.15) is 17.0 Å². The van der Waals surface area contributed by atoms with Crippen LogP contribution in [0, 0.1) is 0 Å². The Balaban J connectivity index is 2.74. The largest absolute Gasteiger partial charge is 0.392 e. The van der Waals surface area contributed by atoms with E-state index in [2.05, 4.69) is 0 Å². The van der Waals surface area contributed by atoms with Gasteiger partial charge in [-0.3, -0.25) is 0 Å². The van der Waals surface area contributed by atoms with Crippen molar-refractivity contribution in [2.45, 2.75) is 26.4 Å². The van der Waals surface area contributed by atoms with E-state index in [-0.39, 0.29) is 6.54 Å². The van der Waals surface area contributed by atoms with Crippen molar-refractivity contribution in [3.8, 4) is 0 Å². The van der Waals surface area contributed by atoms with E-state index in [0.717, 1.165) is 0 Å². The molecule has 1 atom stereocenters. The second-order valence-corrected chi connectivity index (χ2v) is 5.32. The fourth-order valence-corrected chi connectivity index (χ4v) is 3.31. The summed E-state index contributed by atoms with van der Waals surface area (Å²) in [5.74, 6) is 0. The van der Waals surface area contributed by atoms with Crippen molar-refractivity contribution in [1.29, 1.82) is 0 Å². The lowest BCUT2D eigenvalue weighted by Gasteiger charge is -2.24. The maximum Gasteiger partial charge on any atom is 0.282 e. The third kappa shape index (κ3) is 2.25. The summed E-state index contributed by atoms with van der Waals surface area (Å²) < 4.78 is 26.5. The van der Waals surface area contributed by atoms with Gasteiger partial charge >= 0.3 is 0 Å². The summed E-state index contributed by atoms with van der Waals surface area (Å²) in [6.45, 7) is 5.25. The maximum absolute atomic E-state index is 11.9. The summed E-state index contributed by atoms with van der Waals surface area (Å²) in [7, 11) is -3.33. The van der Waals surface area contributed by atoms with Crippen LogP contribution in [-0.2, 0) is 10.2 Å². The molecule has 1 heterocycles. The topological polar surface area (TPSA) is 60.9 Å². The summed E-state index contributed by atoms with van der Waals surface area (Å²) in [5, 5.41) is 9.27. The average Bonchev–Trinajstić information content (AvgIpc) is 2.54. The number of rotatable bonds is 4. The van der Waals surface area contributed by atoms with E-state index in [0.29, 0.717) is 26.1 Å². The zero-order valence-corrected chi connectivity index (χ0v) is 9.50. The highest BCUT2D eigenvalue weighted by Gasteiger charge is 2.33. The summed E-state index contributed by atoms with van der Waals surface area (Å²) in [6.07, 6.45) is 0.0425. The lowest BCUT2D eigenvalue weighted by molar-refractivity contribution is 0.188. The Hall–Kier alpha value is -0.170. The van der Waals surface area contributed by atoms with Crippen molar-refractivity contribution in [3.05, 3.63) is 0 Å². The lowest BCUT2D eigenvalue weighted by Crippen LogP contribution is -2.42. The Morgan fingerprint density at radius 2 is 2.00 bits per heavy atom. The van der Waals surface area contributed by atoms with Gasteiger partial charge in [0, 0.05) is 26.2 Å². The van der Waals surface area contributed by atoms with Crippen LogP contribution < -0.4 is 0 Å². The van der Waals surface area contributed by atoms with Crippen LogP contribution in [-0.4, -0.2) is 54.4 Å². The van der Waals surface area contributed by atoms with Gasteiger partial charge in [0.05, 0.1) is 6.10 Å². The fourth-order valence-electron chi connectivity index (χ4n) is 1.63. The molecule has 0 aromatic rings. The number of aliphatic hydroxyl groups is 1. The van der Waals surface area contributed by atoms with Gasteiger partial charge in [-0.1, -0.05) is 13.8 Å². The van der Waals surface area contributed by atoms with Crippen LogP contribution in [0.2, 0.25) is 0 Å². The Labute approximate surface area is 85.5 Å². The highest BCUT2D eigenvalue weighted by atomic mass is 32.2. The van der Waals surface area contributed by atoms with Crippen LogP contribution in [0.4, 0.5) is 0 Å². The molecule has 0 radical (unpaired) electrons. The molecule has 0 saturated carbocycles. The Morgan fingerprint density at radius 1 is 1.43 bits per heavy atom. The quantitative estimate of drug-likeness (QED) is 0.706. The summed E-state index contributed by atoms with van der Waals surface area (Å²) in [5.41, 5.74) is 0. The zero-order chi connectivity index (χ0) is 10.8. The van der Waals surface area contributed by atoms with Gasteiger partial charge in [0.2, 0.25) is 0 Å². The van der Waals surface area contributed by atoms with Gasteiger partial charge in [0.1, 0.15) is 0 Å². The van der Waals surface area contributed by atoms with Crippen LogP contribution in [0.1, 0.15) is 20.3 Å². The first kappa shape index (κ1) is 11.9. The molecule has 0 amide bonds. The molecule has 6 heteroatoms. The predicted molar refractivity (Wildman–Crippen MR) is 54.0 cm³/mol. The van der Waals surface area contributed by atoms with Crippen molar-refractivity contribution in [2.24, 2.45) is 0 Å². The minimum absolute atomic E-state index is 0.235. The molecule has 1 N–H and O–H groups in total. The lowest BCUT2D eigenvalue weighted by atomic mass is 10.3. The Morgan fingerprint density at radius 3 is 2.36 bits per heavy atom. The number of β-amino-alcohol motifs (C(OH)–C–C–N with tert-alkyl or cyclic N) is 1. The highest BCUT2D eigenvalue weighted by Crippen LogP contribution is 2.16. The molecule has 1 aliphatic heterocycles. The fraction of sp³-hybridized carbons (Fsp3) is 1.00. The zero-order valence-electron chi connectivity index (χ0n) is 8.68. The normalized spacial score (nSPS) is 24.7. The van der Waals surface area contributed by atoms with Gasteiger partial charge < -0.3 is 5.11 Å². The van der Waals surface area contributed by atoms with E-state index in [1.54, 1.807) is 0 Å². The molecule has 14 heavy (non-hydrogen) atoms. The van der Waals surface area contributed by atoms with Crippen molar-refractivity contribution in [1.82, 2.24) is 8.61 Å². The molecule has 0 unspecified atom stereocenters. The van der Waals surface area contributed by atoms with Crippen LogP contribution in [0.15, 0.2) is 0 Å². The van der Waals surface area contributed by atoms with Crippen molar-refractivity contribution < 1.29 is 13.5 Å². The van der Waals surface area contributed by atoms with Crippen molar-refractivity contribution >= 4 is 10.2 Å². The van der Waals surface area contributed by atoms with E-state index < -0.39 is 16.3 Å². The van der Waals surface area contributed by atoms with Gasteiger partial charge in [-0.05, 0) is 6.42 Å². The van der Waals surface area contributed by atoms with E-state index in [1.807, 2.05) is 13.8 Å². The monoisotopic (exact) mass is 222 g/mol. The molecular weight excluding hydrogens is 204 g/mol. The molecule has 0 aromatic heterocycles. The SMILES string of the molecule is CCN(CC)S(=O)(=O)N1CC[C@H](O)C1. The van der Waals surface area contributed by atoms with Crippen molar-refractivity contribution in [2.75, 3.05) is 26.2 Å². The van der Waals surface area contributed by atoms with Gasteiger partial charge in [-0.15, -0.1) is 0 Å².